The van der Waals surface area contributed by atoms with E-state index in [4.69, 9.17) is 21.1 Å². The number of hydrogen-bond donors (Lipinski definition) is 1. The van der Waals surface area contributed by atoms with Gasteiger partial charge in [-0.1, -0.05) is 11.6 Å². The number of halogens is 1. The Morgan fingerprint density at radius 3 is 3.00 bits per heavy atom. The van der Waals surface area contributed by atoms with Gasteiger partial charge in [0, 0.05) is 13.2 Å². The van der Waals surface area contributed by atoms with Crippen LogP contribution in [0.2, 0.25) is 4.34 Å². The first-order valence-corrected chi connectivity index (χ1v) is 7.15. The van der Waals surface area contributed by atoms with Gasteiger partial charge in [0.2, 0.25) is 0 Å². The SMILES string of the molecule is O=C(COC(=O)c1ccc(Cl)s1)NCC1CCCO1. The molecule has 2 heterocycles. The molecule has 1 unspecified atom stereocenters. The summed E-state index contributed by atoms with van der Waals surface area (Å²) < 4.78 is 10.8. The Balaban J connectivity index is 1.66. The number of carbonyl (C=O) groups excluding carboxylic acids is 2. The van der Waals surface area contributed by atoms with Gasteiger partial charge in [-0.15, -0.1) is 11.3 Å². The number of nitrogens with one attached hydrogen (secondary N) is 1. The molecule has 1 atom stereocenters. The Morgan fingerprint density at radius 1 is 1.53 bits per heavy atom. The summed E-state index contributed by atoms with van der Waals surface area (Å²) in [5, 5.41) is 2.67. The molecular weight excluding hydrogens is 290 g/mol. The summed E-state index contributed by atoms with van der Waals surface area (Å²) in [4.78, 5) is 23.4. The zero-order valence-electron chi connectivity index (χ0n) is 10.2. The Bertz CT molecular complexity index is 456. The van der Waals surface area contributed by atoms with Gasteiger partial charge in [-0.2, -0.15) is 0 Å². The Morgan fingerprint density at radius 2 is 2.37 bits per heavy atom. The van der Waals surface area contributed by atoms with Crippen LogP contribution in [0.25, 0.3) is 0 Å². The summed E-state index contributed by atoms with van der Waals surface area (Å²) >= 11 is 6.83. The predicted molar refractivity (Wildman–Crippen MR) is 71.6 cm³/mol. The van der Waals surface area contributed by atoms with Crippen LogP contribution in [0.5, 0.6) is 0 Å². The minimum atomic E-state index is -0.538. The summed E-state index contributed by atoms with van der Waals surface area (Å²) in [6, 6.07) is 3.18. The zero-order valence-corrected chi connectivity index (χ0v) is 11.8. The minimum Gasteiger partial charge on any atom is -0.451 e. The van der Waals surface area contributed by atoms with E-state index in [1.807, 2.05) is 0 Å². The lowest BCUT2D eigenvalue weighted by atomic mass is 10.2. The Kier molecular flexibility index (Phi) is 5.18. The van der Waals surface area contributed by atoms with Crippen molar-refractivity contribution in [2.45, 2.75) is 18.9 Å². The zero-order chi connectivity index (χ0) is 13.7. The van der Waals surface area contributed by atoms with Gasteiger partial charge in [0.15, 0.2) is 6.61 Å². The van der Waals surface area contributed by atoms with E-state index in [2.05, 4.69) is 5.32 Å². The number of amides is 1. The van der Waals surface area contributed by atoms with Crippen molar-refractivity contribution in [1.29, 1.82) is 0 Å². The van der Waals surface area contributed by atoms with Crippen LogP contribution >= 0.6 is 22.9 Å². The summed E-state index contributed by atoms with van der Waals surface area (Å²) in [5.74, 6) is -0.865. The molecule has 1 aliphatic heterocycles. The molecule has 2 rings (SSSR count). The Hall–Kier alpha value is -1.11. The third-order valence-electron chi connectivity index (χ3n) is 2.66. The average Bonchev–Trinajstić information content (AvgIpc) is 3.04. The molecule has 0 radical (unpaired) electrons. The molecule has 0 aromatic carbocycles. The van der Waals surface area contributed by atoms with Crippen LogP contribution in [-0.2, 0) is 14.3 Å². The fraction of sp³-hybridized carbons (Fsp3) is 0.500. The number of esters is 1. The van der Waals surface area contributed by atoms with Gasteiger partial charge >= 0.3 is 5.97 Å². The second-order valence-electron chi connectivity index (χ2n) is 4.12. The van der Waals surface area contributed by atoms with E-state index in [1.165, 1.54) is 0 Å². The number of ether oxygens (including phenoxy) is 2. The smallest absolute Gasteiger partial charge is 0.348 e. The molecule has 1 aromatic rings. The van der Waals surface area contributed by atoms with Crippen LogP contribution in [0.4, 0.5) is 0 Å². The molecule has 0 bridgehead atoms. The highest BCUT2D eigenvalue weighted by molar-refractivity contribution is 7.17. The highest BCUT2D eigenvalue weighted by Gasteiger charge is 2.17. The molecular formula is C12H14ClNO4S. The molecule has 19 heavy (non-hydrogen) atoms. The normalized spacial score (nSPS) is 18.3. The van der Waals surface area contributed by atoms with E-state index >= 15 is 0 Å². The van der Waals surface area contributed by atoms with Crippen molar-refractivity contribution in [3.63, 3.8) is 0 Å². The molecule has 7 heteroatoms. The molecule has 0 aliphatic carbocycles. The lowest BCUT2D eigenvalue weighted by molar-refractivity contribution is -0.124. The molecule has 1 saturated heterocycles. The molecule has 0 saturated carbocycles. The van der Waals surface area contributed by atoms with Gasteiger partial charge < -0.3 is 14.8 Å². The van der Waals surface area contributed by atoms with E-state index in [1.54, 1.807) is 12.1 Å². The quantitative estimate of drug-likeness (QED) is 0.843. The van der Waals surface area contributed by atoms with Gasteiger partial charge in [-0.3, -0.25) is 4.79 Å². The summed E-state index contributed by atoms with van der Waals surface area (Å²) in [6.45, 7) is 0.914. The second kappa shape index (κ2) is 6.88. The van der Waals surface area contributed by atoms with E-state index in [0.717, 1.165) is 30.8 Å². The second-order valence-corrected chi connectivity index (χ2v) is 5.83. The molecule has 1 aliphatic rings. The number of hydrogen-bond acceptors (Lipinski definition) is 5. The highest BCUT2D eigenvalue weighted by Crippen LogP contribution is 2.21. The maximum absolute atomic E-state index is 11.5. The molecule has 104 valence electrons. The van der Waals surface area contributed by atoms with Gasteiger partial charge in [-0.25, -0.2) is 4.79 Å². The van der Waals surface area contributed by atoms with Crippen LogP contribution in [0, 0.1) is 0 Å². The Labute approximate surface area is 119 Å². The van der Waals surface area contributed by atoms with Gasteiger partial charge in [0.1, 0.15) is 4.88 Å². The van der Waals surface area contributed by atoms with Crippen molar-refractivity contribution < 1.29 is 19.1 Å². The minimum absolute atomic E-state index is 0.0794. The predicted octanol–water partition coefficient (Wildman–Crippen LogP) is 1.85. The first kappa shape index (κ1) is 14.3. The fourth-order valence-corrected chi connectivity index (χ4v) is 2.65. The molecule has 1 amide bonds. The van der Waals surface area contributed by atoms with Crippen molar-refractivity contribution >= 4 is 34.8 Å². The van der Waals surface area contributed by atoms with Crippen LogP contribution < -0.4 is 5.32 Å². The van der Waals surface area contributed by atoms with Gasteiger partial charge in [-0.05, 0) is 25.0 Å². The standard InChI is InChI=1S/C12H14ClNO4S/c13-10-4-3-9(19-10)12(16)18-7-11(15)14-6-8-2-1-5-17-8/h3-4,8H,1-2,5-7H2,(H,14,15). The topological polar surface area (TPSA) is 64.6 Å². The largest absolute Gasteiger partial charge is 0.451 e. The van der Waals surface area contributed by atoms with Crippen LogP contribution in [0.1, 0.15) is 22.5 Å². The van der Waals surface area contributed by atoms with Crippen molar-refractivity contribution in [2.75, 3.05) is 19.8 Å². The van der Waals surface area contributed by atoms with E-state index in [-0.39, 0.29) is 18.6 Å². The van der Waals surface area contributed by atoms with Crippen molar-refractivity contribution in [1.82, 2.24) is 5.32 Å². The van der Waals surface area contributed by atoms with Gasteiger partial charge in [0.05, 0.1) is 10.4 Å². The van der Waals surface area contributed by atoms with Crippen LogP contribution in [-0.4, -0.2) is 37.7 Å². The molecule has 0 spiro atoms. The van der Waals surface area contributed by atoms with Crippen molar-refractivity contribution in [3.05, 3.63) is 21.3 Å². The highest BCUT2D eigenvalue weighted by atomic mass is 35.5. The first-order chi connectivity index (χ1) is 9.15. The van der Waals surface area contributed by atoms with Gasteiger partial charge in [0.25, 0.3) is 5.91 Å². The monoisotopic (exact) mass is 303 g/mol. The number of carbonyl (C=O) groups is 2. The first-order valence-electron chi connectivity index (χ1n) is 5.96. The summed E-state index contributed by atoms with van der Waals surface area (Å²) in [6.07, 6.45) is 2.05. The third-order valence-corrected chi connectivity index (χ3v) is 3.87. The molecule has 1 fully saturated rings. The maximum atomic E-state index is 11.5. The van der Waals surface area contributed by atoms with E-state index in [9.17, 15) is 9.59 Å². The van der Waals surface area contributed by atoms with Crippen molar-refractivity contribution in [3.8, 4) is 0 Å². The van der Waals surface area contributed by atoms with E-state index < -0.39 is 5.97 Å². The van der Waals surface area contributed by atoms with E-state index in [0.29, 0.717) is 15.8 Å². The van der Waals surface area contributed by atoms with Crippen LogP contribution in [0.15, 0.2) is 12.1 Å². The number of rotatable bonds is 5. The van der Waals surface area contributed by atoms with Crippen LogP contribution in [0.3, 0.4) is 0 Å². The lowest BCUT2D eigenvalue weighted by Crippen LogP contribution is -2.34. The summed E-state index contributed by atoms with van der Waals surface area (Å²) in [7, 11) is 0. The maximum Gasteiger partial charge on any atom is 0.348 e. The molecule has 1 N–H and O–H groups in total. The molecule has 1 aromatic heterocycles. The van der Waals surface area contributed by atoms with Crippen molar-refractivity contribution in [2.24, 2.45) is 0 Å². The third kappa shape index (κ3) is 4.49. The summed E-state index contributed by atoms with van der Waals surface area (Å²) in [5.41, 5.74) is 0. The number of thiophene rings is 1. The lowest BCUT2D eigenvalue weighted by Gasteiger charge is -2.10. The average molecular weight is 304 g/mol. The fourth-order valence-electron chi connectivity index (χ4n) is 1.71. The molecule has 5 nitrogen and oxygen atoms in total.